The molecule has 2 atom stereocenters. The number of thiophene rings is 2. The van der Waals surface area contributed by atoms with Gasteiger partial charge in [-0.3, -0.25) is 9.59 Å². The Labute approximate surface area is 144 Å². The first kappa shape index (κ1) is 16.2. The van der Waals surface area contributed by atoms with Crippen molar-refractivity contribution in [3.63, 3.8) is 0 Å². The first-order chi connectivity index (χ1) is 11.1. The van der Waals surface area contributed by atoms with Gasteiger partial charge < -0.3 is 10.2 Å². The van der Waals surface area contributed by atoms with E-state index in [0.29, 0.717) is 6.42 Å². The number of amides is 2. The summed E-state index contributed by atoms with van der Waals surface area (Å²) in [6.45, 7) is 2.30. The van der Waals surface area contributed by atoms with Crippen molar-refractivity contribution in [2.45, 2.75) is 38.3 Å². The van der Waals surface area contributed by atoms with Crippen LogP contribution in [0.5, 0.6) is 0 Å². The molecule has 1 aliphatic heterocycles. The summed E-state index contributed by atoms with van der Waals surface area (Å²) >= 11 is 3.24. The third kappa shape index (κ3) is 3.82. The number of hydrogen-bond donors (Lipinski definition) is 1. The van der Waals surface area contributed by atoms with E-state index in [0.717, 1.165) is 24.3 Å². The quantitative estimate of drug-likeness (QED) is 0.895. The molecule has 2 aromatic heterocycles. The molecule has 0 aromatic carbocycles. The van der Waals surface area contributed by atoms with Crippen molar-refractivity contribution in [3.8, 4) is 0 Å². The highest BCUT2D eigenvalue weighted by molar-refractivity contribution is 7.10. The molecule has 2 amide bonds. The molecule has 3 rings (SSSR count). The SMILES string of the molecule is CC(=O)N[C@H](CC(=O)N1CCC[C@@H]1c1ccsc1)c1cccs1. The molecule has 6 heteroatoms. The van der Waals surface area contributed by atoms with Crippen LogP contribution >= 0.6 is 22.7 Å². The second-order valence-corrected chi connectivity index (χ2v) is 7.53. The lowest BCUT2D eigenvalue weighted by Crippen LogP contribution is -2.35. The zero-order chi connectivity index (χ0) is 16.2. The molecule has 0 spiro atoms. The van der Waals surface area contributed by atoms with E-state index in [2.05, 4.69) is 22.1 Å². The molecule has 1 N–H and O–H groups in total. The molecule has 122 valence electrons. The summed E-state index contributed by atoms with van der Waals surface area (Å²) < 4.78 is 0. The highest BCUT2D eigenvalue weighted by Gasteiger charge is 2.31. The third-order valence-electron chi connectivity index (χ3n) is 4.14. The van der Waals surface area contributed by atoms with E-state index < -0.39 is 0 Å². The Kier molecular flexibility index (Phi) is 5.13. The molecule has 2 aromatic rings. The van der Waals surface area contributed by atoms with E-state index >= 15 is 0 Å². The lowest BCUT2D eigenvalue weighted by molar-refractivity contribution is -0.133. The van der Waals surface area contributed by atoms with Gasteiger partial charge >= 0.3 is 0 Å². The normalized spacial score (nSPS) is 18.8. The molecular weight excluding hydrogens is 328 g/mol. The van der Waals surface area contributed by atoms with Gasteiger partial charge in [0, 0.05) is 18.3 Å². The maximum Gasteiger partial charge on any atom is 0.225 e. The molecule has 1 fully saturated rings. The number of rotatable bonds is 5. The Balaban J connectivity index is 1.72. The molecule has 1 aliphatic rings. The van der Waals surface area contributed by atoms with Gasteiger partial charge in [-0.2, -0.15) is 11.3 Å². The summed E-state index contributed by atoms with van der Waals surface area (Å²) in [6, 6.07) is 5.98. The van der Waals surface area contributed by atoms with Gasteiger partial charge in [0.2, 0.25) is 11.8 Å². The van der Waals surface area contributed by atoms with Crippen molar-refractivity contribution in [2.24, 2.45) is 0 Å². The van der Waals surface area contributed by atoms with Crippen LogP contribution in [0.25, 0.3) is 0 Å². The van der Waals surface area contributed by atoms with Crippen molar-refractivity contribution in [1.82, 2.24) is 10.2 Å². The van der Waals surface area contributed by atoms with Gasteiger partial charge in [-0.15, -0.1) is 11.3 Å². The molecule has 0 radical (unpaired) electrons. The van der Waals surface area contributed by atoms with Gasteiger partial charge in [0.15, 0.2) is 0 Å². The molecule has 0 saturated carbocycles. The van der Waals surface area contributed by atoms with E-state index in [4.69, 9.17) is 0 Å². The van der Waals surface area contributed by atoms with E-state index in [1.54, 1.807) is 22.7 Å². The minimum atomic E-state index is -0.233. The molecule has 3 heterocycles. The van der Waals surface area contributed by atoms with Gasteiger partial charge in [0.05, 0.1) is 18.5 Å². The zero-order valence-corrected chi connectivity index (χ0v) is 14.7. The van der Waals surface area contributed by atoms with Crippen LogP contribution in [0.2, 0.25) is 0 Å². The summed E-state index contributed by atoms with van der Waals surface area (Å²) in [7, 11) is 0. The molecule has 0 bridgehead atoms. The summed E-state index contributed by atoms with van der Waals surface area (Å²) in [5.74, 6) is 0.0119. The predicted molar refractivity (Wildman–Crippen MR) is 93.5 cm³/mol. The molecule has 23 heavy (non-hydrogen) atoms. The molecular formula is C17H20N2O2S2. The van der Waals surface area contributed by atoms with Gasteiger partial charge in [-0.25, -0.2) is 0 Å². The van der Waals surface area contributed by atoms with E-state index in [-0.39, 0.29) is 23.9 Å². The standard InChI is InChI=1S/C17H20N2O2S2/c1-12(20)18-14(16-5-3-8-23-16)10-17(21)19-7-2-4-15(19)13-6-9-22-11-13/h3,5-6,8-9,11,14-15H,2,4,7,10H2,1H3,(H,18,20)/t14-,15-/m1/s1. The van der Waals surface area contributed by atoms with Crippen LogP contribution in [-0.4, -0.2) is 23.3 Å². The fourth-order valence-electron chi connectivity index (χ4n) is 3.13. The Morgan fingerprint density at radius 2 is 2.26 bits per heavy atom. The van der Waals surface area contributed by atoms with E-state index in [1.807, 2.05) is 22.4 Å². The van der Waals surface area contributed by atoms with Crippen molar-refractivity contribution in [1.29, 1.82) is 0 Å². The highest BCUT2D eigenvalue weighted by Crippen LogP contribution is 2.34. The minimum absolute atomic E-state index is 0.105. The first-order valence-corrected chi connectivity index (χ1v) is 9.59. The number of carbonyl (C=O) groups is 2. The average Bonchev–Trinajstić information content (AvgIpc) is 3.25. The Hall–Kier alpha value is -1.66. The Morgan fingerprint density at radius 1 is 1.39 bits per heavy atom. The monoisotopic (exact) mass is 348 g/mol. The second-order valence-electron chi connectivity index (χ2n) is 5.77. The lowest BCUT2D eigenvalue weighted by atomic mass is 10.1. The molecule has 4 nitrogen and oxygen atoms in total. The summed E-state index contributed by atoms with van der Waals surface area (Å²) in [5.41, 5.74) is 1.23. The van der Waals surface area contributed by atoms with Crippen molar-refractivity contribution in [2.75, 3.05) is 6.54 Å². The predicted octanol–water partition coefficient (Wildman–Crippen LogP) is 3.74. The fraction of sp³-hybridized carbons (Fsp3) is 0.412. The summed E-state index contributed by atoms with van der Waals surface area (Å²) in [4.78, 5) is 27.3. The maximum absolute atomic E-state index is 12.8. The molecule has 0 aliphatic carbocycles. The third-order valence-corrected chi connectivity index (χ3v) is 5.83. The topological polar surface area (TPSA) is 49.4 Å². The number of hydrogen-bond acceptors (Lipinski definition) is 4. The first-order valence-electron chi connectivity index (χ1n) is 7.77. The van der Waals surface area contributed by atoms with Crippen molar-refractivity contribution >= 4 is 34.5 Å². The minimum Gasteiger partial charge on any atom is -0.348 e. The van der Waals surface area contributed by atoms with Crippen LogP contribution in [0.1, 0.15) is 48.7 Å². The van der Waals surface area contributed by atoms with E-state index in [9.17, 15) is 9.59 Å². The van der Waals surface area contributed by atoms with Gasteiger partial charge in [0.1, 0.15) is 0 Å². The smallest absolute Gasteiger partial charge is 0.225 e. The van der Waals surface area contributed by atoms with Crippen LogP contribution in [0.4, 0.5) is 0 Å². The number of nitrogens with zero attached hydrogens (tertiary/aromatic N) is 1. The maximum atomic E-state index is 12.8. The largest absolute Gasteiger partial charge is 0.348 e. The fourth-order valence-corrected chi connectivity index (χ4v) is 4.61. The number of carbonyl (C=O) groups excluding carboxylic acids is 2. The van der Waals surface area contributed by atoms with Gasteiger partial charge in [0.25, 0.3) is 0 Å². The summed E-state index contributed by atoms with van der Waals surface area (Å²) in [5, 5.41) is 9.07. The lowest BCUT2D eigenvalue weighted by Gasteiger charge is -2.26. The highest BCUT2D eigenvalue weighted by atomic mass is 32.1. The second kappa shape index (κ2) is 7.27. The summed E-state index contributed by atoms with van der Waals surface area (Å²) in [6.07, 6.45) is 2.38. The Bertz CT molecular complexity index is 652. The van der Waals surface area contributed by atoms with Gasteiger partial charge in [-0.1, -0.05) is 6.07 Å². The number of nitrogens with one attached hydrogen (secondary N) is 1. The van der Waals surface area contributed by atoms with Crippen LogP contribution in [0.15, 0.2) is 34.3 Å². The van der Waals surface area contributed by atoms with Gasteiger partial charge in [-0.05, 0) is 46.7 Å². The Morgan fingerprint density at radius 3 is 2.91 bits per heavy atom. The van der Waals surface area contributed by atoms with Crippen LogP contribution in [0, 0.1) is 0 Å². The molecule has 1 saturated heterocycles. The average molecular weight is 348 g/mol. The van der Waals surface area contributed by atoms with Crippen LogP contribution in [0.3, 0.4) is 0 Å². The zero-order valence-electron chi connectivity index (χ0n) is 13.0. The van der Waals surface area contributed by atoms with E-state index in [1.165, 1.54) is 12.5 Å². The number of likely N-dealkylation sites (tertiary alicyclic amines) is 1. The van der Waals surface area contributed by atoms with Crippen molar-refractivity contribution in [3.05, 3.63) is 44.8 Å². The van der Waals surface area contributed by atoms with Crippen LogP contribution < -0.4 is 5.32 Å². The van der Waals surface area contributed by atoms with Crippen LogP contribution in [-0.2, 0) is 9.59 Å². The molecule has 0 unspecified atom stereocenters. The van der Waals surface area contributed by atoms with Crippen molar-refractivity contribution < 1.29 is 9.59 Å².